The lowest BCUT2D eigenvalue weighted by Crippen LogP contribution is -2.54. The molecule has 0 aromatic heterocycles. The van der Waals surface area contributed by atoms with Crippen LogP contribution in [0.25, 0.3) is 0 Å². The lowest BCUT2D eigenvalue weighted by Gasteiger charge is -2.40. The van der Waals surface area contributed by atoms with E-state index in [2.05, 4.69) is 29.0 Å². The third-order valence-electron chi connectivity index (χ3n) is 3.83. The first kappa shape index (κ1) is 15.4. The number of hydrogen-bond acceptors (Lipinski definition) is 3. The average molecular weight is 255 g/mol. The molecule has 1 aliphatic rings. The Bertz CT molecular complexity index is 258. The second-order valence-corrected chi connectivity index (χ2v) is 5.85. The van der Waals surface area contributed by atoms with Crippen LogP contribution in [0, 0.1) is 0 Å². The molecule has 0 saturated carbocycles. The van der Waals surface area contributed by atoms with Gasteiger partial charge in [-0.15, -0.1) is 0 Å². The van der Waals surface area contributed by atoms with Gasteiger partial charge in [0.05, 0.1) is 6.04 Å². The fourth-order valence-electron chi connectivity index (χ4n) is 2.67. The molecule has 0 aromatic carbocycles. The van der Waals surface area contributed by atoms with E-state index in [1.54, 1.807) is 0 Å². The minimum absolute atomic E-state index is 0.0760. The van der Waals surface area contributed by atoms with Gasteiger partial charge >= 0.3 is 0 Å². The van der Waals surface area contributed by atoms with Crippen molar-refractivity contribution in [3.05, 3.63) is 0 Å². The SMILES string of the molecule is C[C@@H]1CCC[C@@H](C)N1C(=O)[C@@H](C)NCCN(C)C. The molecular weight excluding hydrogens is 226 g/mol. The van der Waals surface area contributed by atoms with Crippen LogP contribution in [0.3, 0.4) is 0 Å². The van der Waals surface area contributed by atoms with Crippen LogP contribution in [0.2, 0.25) is 0 Å². The smallest absolute Gasteiger partial charge is 0.239 e. The zero-order chi connectivity index (χ0) is 13.7. The van der Waals surface area contributed by atoms with Gasteiger partial charge in [0.25, 0.3) is 0 Å². The summed E-state index contributed by atoms with van der Waals surface area (Å²) in [5.74, 6) is 0.258. The molecule has 0 radical (unpaired) electrons. The van der Waals surface area contributed by atoms with E-state index < -0.39 is 0 Å². The summed E-state index contributed by atoms with van der Waals surface area (Å²) in [7, 11) is 4.09. The van der Waals surface area contributed by atoms with Gasteiger partial charge in [-0.05, 0) is 54.1 Å². The minimum Gasteiger partial charge on any atom is -0.336 e. The van der Waals surface area contributed by atoms with Crippen LogP contribution in [0.15, 0.2) is 0 Å². The van der Waals surface area contributed by atoms with Gasteiger partial charge < -0.3 is 15.1 Å². The molecule has 0 spiro atoms. The van der Waals surface area contributed by atoms with Crippen LogP contribution in [0.4, 0.5) is 0 Å². The zero-order valence-electron chi connectivity index (χ0n) is 12.6. The number of likely N-dealkylation sites (N-methyl/N-ethyl adjacent to an activating group) is 1. The summed E-state index contributed by atoms with van der Waals surface area (Å²) in [6, 6.07) is 0.701. The summed E-state index contributed by atoms with van der Waals surface area (Å²) in [5, 5.41) is 3.32. The number of hydrogen-bond donors (Lipinski definition) is 1. The minimum atomic E-state index is -0.0760. The van der Waals surface area contributed by atoms with Crippen molar-refractivity contribution in [2.24, 2.45) is 0 Å². The van der Waals surface area contributed by atoms with E-state index >= 15 is 0 Å². The van der Waals surface area contributed by atoms with E-state index in [4.69, 9.17) is 0 Å². The van der Waals surface area contributed by atoms with E-state index in [0.29, 0.717) is 12.1 Å². The van der Waals surface area contributed by atoms with Gasteiger partial charge in [-0.25, -0.2) is 0 Å². The standard InChI is InChI=1S/C14H29N3O/c1-11-7-6-8-12(2)17(11)14(18)13(3)15-9-10-16(4)5/h11-13,15H,6-10H2,1-5H3/t11-,12-,13-/m1/s1. The normalized spacial score (nSPS) is 26.4. The van der Waals surface area contributed by atoms with Crippen LogP contribution in [0.5, 0.6) is 0 Å². The highest BCUT2D eigenvalue weighted by Gasteiger charge is 2.31. The van der Waals surface area contributed by atoms with Crippen molar-refractivity contribution in [3.63, 3.8) is 0 Å². The summed E-state index contributed by atoms with van der Waals surface area (Å²) in [4.78, 5) is 16.6. The van der Waals surface area contributed by atoms with Crippen molar-refractivity contribution in [2.75, 3.05) is 27.2 Å². The Labute approximate surface area is 112 Å². The lowest BCUT2D eigenvalue weighted by atomic mass is 9.96. The Morgan fingerprint density at radius 3 is 2.39 bits per heavy atom. The third kappa shape index (κ3) is 4.25. The van der Waals surface area contributed by atoms with Crippen LogP contribution >= 0.6 is 0 Å². The summed E-state index contributed by atoms with van der Waals surface area (Å²) in [6.07, 6.45) is 3.52. The van der Waals surface area contributed by atoms with Crippen LogP contribution in [-0.4, -0.2) is 61.0 Å². The Balaban J connectivity index is 2.46. The lowest BCUT2D eigenvalue weighted by molar-refractivity contribution is -0.139. The monoisotopic (exact) mass is 255 g/mol. The van der Waals surface area contributed by atoms with E-state index in [-0.39, 0.29) is 11.9 Å². The molecule has 1 saturated heterocycles. The quantitative estimate of drug-likeness (QED) is 0.805. The largest absolute Gasteiger partial charge is 0.336 e. The van der Waals surface area contributed by atoms with Crippen molar-refractivity contribution >= 4 is 5.91 Å². The average Bonchev–Trinajstić information content (AvgIpc) is 2.27. The first-order chi connectivity index (χ1) is 8.43. The maximum Gasteiger partial charge on any atom is 0.239 e. The van der Waals surface area contributed by atoms with Crippen molar-refractivity contribution in [1.29, 1.82) is 0 Å². The first-order valence-corrected chi connectivity index (χ1v) is 7.13. The Morgan fingerprint density at radius 2 is 1.89 bits per heavy atom. The first-order valence-electron chi connectivity index (χ1n) is 7.13. The summed E-state index contributed by atoms with van der Waals surface area (Å²) in [5.41, 5.74) is 0. The molecule has 1 aliphatic heterocycles. The van der Waals surface area contributed by atoms with Crippen LogP contribution in [-0.2, 0) is 4.79 Å². The number of nitrogens with one attached hydrogen (secondary N) is 1. The van der Waals surface area contributed by atoms with E-state index in [1.165, 1.54) is 6.42 Å². The molecule has 0 bridgehead atoms. The number of carbonyl (C=O) groups excluding carboxylic acids is 1. The van der Waals surface area contributed by atoms with Crippen LogP contribution < -0.4 is 5.32 Å². The fourth-order valence-corrected chi connectivity index (χ4v) is 2.67. The number of nitrogens with zero attached hydrogens (tertiary/aromatic N) is 2. The molecule has 4 nitrogen and oxygen atoms in total. The van der Waals surface area contributed by atoms with Gasteiger partial charge in [-0.3, -0.25) is 4.79 Å². The molecule has 1 rings (SSSR count). The maximum atomic E-state index is 12.4. The second-order valence-electron chi connectivity index (χ2n) is 5.85. The molecule has 0 aromatic rings. The van der Waals surface area contributed by atoms with Crippen molar-refractivity contribution < 1.29 is 4.79 Å². The van der Waals surface area contributed by atoms with Gasteiger partial charge in [-0.1, -0.05) is 0 Å². The predicted molar refractivity (Wildman–Crippen MR) is 75.6 cm³/mol. The highest BCUT2D eigenvalue weighted by molar-refractivity contribution is 5.82. The summed E-state index contributed by atoms with van der Waals surface area (Å²) < 4.78 is 0. The number of carbonyl (C=O) groups is 1. The maximum absolute atomic E-state index is 12.4. The van der Waals surface area contributed by atoms with Crippen molar-refractivity contribution in [3.8, 4) is 0 Å². The van der Waals surface area contributed by atoms with E-state index in [1.807, 2.05) is 21.0 Å². The van der Waals surface area contributed by atoms with E-state index in [0.717, 1.165) is 25.9 Å². The zero-order valence-corrected chi connectivity index (χ0v) is 12.6. The topological polar surface area (TPSA) is 35.6 Å². The predicted octanol–water partition coefficient (Wildman–Crippen LogP) is 1.32. The molecule has 106 valence electrons. The molecule has 1 heterocycles. The number of rotatable bonds is 5. The Morgan fingerprint density at radius 1 is 1.33 bits per heavy atom. The van der Waals surface area contributed by atoms with Crippen molar-refractivity contribution in [1.82, 2.24) is 15.1 Å². The van der Waals surface area contributed by atoms with Gasteiger partial charge in [-0.2, -0.15) is 0 Å². The highest BCUT2D eigenvalue weighted by Crippen LogP contribution is 2.23. The molecule has 1 fully saturated rings. The third-order valence-corrected chi connectivity index (χ3v) is 3.83. The fraction of sp³-hybridized carbons (Fsp3) is 0.929. The summed E-state index contributed by atoms with van der Waals surface area (Å²) >= 11 is 0. The molecule has 3 atom stereocenters. The molecule has 0 unspecified atom stereocenters. The number of likely N-dealkylation sites (tertiary alicyclic amines) is 1. The molecule has 4 heteroatoms. The van der Waals surface area contributed by atoms with Gasteiger partial charge in [0, 0.05) is 25.2 Å². The van der Waals surface area contributed by atoms with Gasteiger partial charge in [0.2, 0.25) is 5.91 Å². The van der Waals surface area contributed by atoms with Gasteiger partial charge in [0.15, 0.2) is 0 Å². The second kappa shape index (κ2) is 7.10. The molecule has 0 aliphatic carbocycles. The van der Waals surface area contributed by atoms with Gasteiger partial charge in [0.1, 0.15) is 0 Å². The number of piperidine rings is 1. The highest BCUT2D eigenvalue weighted by atomic mass is 16.2. The molecule has 1 N–H and O–H groups in total. The van der Waals surface area contributed by atoms with Crippen molar-refractivity contribution in [2.45, 2.75) is 58.2 Å². The van der Waals surface area contributed by atoms with E-state index in [9.17, 15) is 4.79 Å². The Hall–Kier alpha value is -0.610. The summed E-state index contributed by atoms with van der Waals surface area (Å²) in [6.45, 7) is 8.13. The Kier molecular flexibility index (Phi) is 6.09. The number of amides is 1. The molecule has 1 amide bonds. The van der Waals surface area contributed by atoms with Crippen LogP contribution in [0.1, 0.15) is 40.0 Å². The molecule has 18 heavy (non-hydrogen) atoms. The molecular formula is C14H29N3O.